The van der Waals surface area contributed by atoms with Crippen molar-refractivity contribution in [1.82, 2.24) is 4.90 Å². The van der Waals surface area contributed by atoms with E-state index in [2.05, 4.69) is 15.9 Å². The Kier molecular flexibility index (Phi) is 7.03. The molecule has 27 heavy (non-hydrogen) atoms. The second-order valence-corrected chi connectivity index (χ2v) is 8.68. The quantitative estimate of drug-likeness (QED) is 0.591. The summed E-state index contributed by atoms with van der Waals surface area (Å²) in [5, 5.41) is 0.339. The number of esters is 1. The number of hydrogen-bond acceptors (Lipinski definition) is 5. The van der Waals surface area contributed by atoms with Crippen molar-refractivity contribution in [2.75, 3.05) is 20.3 Å². The number of nitrogens with zero attached hydrogens (tertiary/aromatic N) is 1. The third-order valence-electron chi connectivity index (χ3n) is 4.23. The molecule has 150 valence electrons. The van der Waals surface area contributed by atoms with Gasteiger partial charge in [-0.25, -0.2) is 9.59 Å². The monoisotopic (exact) mass is 461 g/mol. The molecule has 1 aromatic rings. The fraction of sp³-hybridized carbons (Fsp3) is 0.579. The van der Waals surface area contributed by atoms with E-state index in [4.69, 9.17) is 25.8 Å². The number of ether oxygens (including phenoxy) is 3. The van der Waals surface area contributed by atoms with E-state index in [9.17, 15) is 9.59 Å². The summed E-state index contributed by atoms with van der Waals surface area (Å²) in [4.78, 5) is 26.2. The van der Waals surface area contributed by atoms with E-state index in [0.29, 0.717) is 16.0 Å². The van der Waals surface area contributed by atoms with Gasteiger partial charge in [-0.3, -0.25) is 0 Å². The van der Waals surface area contributed by atoms with Gasteiger partial charge in [0.25, 0.3) is 0 Å². The molecular formula is C19H25BrClNO5. The first-order valence-electron chi connectivity index (χ1n) is 8.74. The Hall–Kier alpha value is -1.47. The third kappa shape index (κ3) is 5.29. The predicted octanol–water partition coefficient (Wildman–Crippen LogP) is 4.98. The molecule has 0 spiro atoms. The Balaban J connectivity index is 2.19. The molecule has 0 radical (unpaired) electrons. The molecule has 1 unspecified atom stereocenters. The maximum Gasteiger partial charge on any atom is 0.410 e. The average molecular weight is 463 g/mol. The van der Waals surface area contributed by atoms with Crippen molar-refractivity contribution in [1.29, 1.82) is 0 Å². The summed E-state index contributed by atoms with van der Waals surface area (Å²) in [5.74, 6) is -0.275. The molecular weight excluding hydrogens is 438 g/mol. The summed E-state index contributed by atoms with van der Waals surface area (Å²) in [6.07, 6.45) is 1.30. The van der Waals surface area contributed by atoms with Gasteiger partial charge in [0.2, 0.25) is 0 Å². The molecule has 0 aromatic heterocycles. The number of likely N-dealkylation sites (tertiary alicyclic amines) is 1. The summed E-state index contributed by atoms with van der Waals surface area (Å²) >= 11 is 9.79. The van der Waals surface area contributed by atoms with Crippen LogP contribution in [0.4, 0.5) is 4.79 Å². The summed E-state index contributed by atoms with van der Waals surface area (Å²) in [6.45, 7) is 8.14. The van der Waals surface area contributed by atoms with Crippen molar-refractivity contribution in [3.05, 3.63) is 26.7 Å². The predicted molar refractivity (Wildman–Crippen MR) is 107 cm³/mol. The van der Waals surface area contributed by atoms with Gasteiger partial charge in [0, 0.05) is 11.0 Å². The molecule has 1 atom stereocenters. The van der Waals surface area contributed by atoms with Gasteiger partial charge in [0.05, 0.1) is 18.2 Å². The van der Waals surface area contributed by atoms with E-state index in [1.165, 1.54) is 7.11 Å². The highest BCUT2D eigenvalue weighted by atomic mass is 79.9. The zero-order valence-electron chi connectivity index (χ0n) is 16.2. The number of carbonyl (C=O) groups is 2. The normalized spacial score (nSPS) is 17.0. The number of carbonyl (C=O) groups excluding carboxylic acids is 2. The van der Waals surface area contributed by atoms with Crippen LogP contribution in [0.5, 0.6) is 5.75 Å². The molecule has 1 aliphatic rings. The van der Waals surface area contributed by atoms with Crippen LogP contribution in [0.2, 0.25) is 5.02 Å². The van der Waals surface area contributed by atoms with E-state index in [-0.39, 0.29) is 30.1 Å². The second-order valence-electron chi connectivity index (χ2n) is 7.45. The number of amides is 1. The Morgan fingerprint density at radius 2 is 2.04 bits per heavy atom. The molecule has 1 aromatic carbocycles. The molecule has 0 saturated carbocycles. The first kappa shape index (κ1) is 21.8. The van der Waals surface area contributed by atoms with Crippen LogP contribution in [0, 0.1) is 6.92 Å². The second kappa shape index (κ2) is 8.69. The van der Waals surface area contributed by atoms with Crippen molar-refractivity contribution in [3.63, 3.8) is 0 Å². The Bertz CT molecular complexity index is 732. The lowest BCUT2D eigenvalue weighted by Crippen LogP contribution is -2.42. The maximum absolute atomic E-state index is 12.4. The molecule has 1 amide bonds. The zero-order chi connectivity index (χ0) is 20.4. The summed E-state index contributed by atoms with van der Waals surface area (Å²) in [5.41, 5.74) is 0.437. The summed E-state index contributed by atoms with van der Waals surface area (Å²) in [6, 6.07) is 1.48. The van der Waals surface area contributed by atoms with Crippen molar-refractivity contribution < 1.29 is 23.8 Å². The van der Waals surface area contributed by atoms with Gasteiger partial charge in [-0.2, -0.15) is 0 Å². The van der Waals surface area contributed by atoms with Gasteiger partial charge in [-0.1, -0.05) is 27.5 Å². The fourth-order valence-electron chi connectivity index (χ4n) is 2.85. The van der Waals surface area contributed by atoms with Gasteiger partial charge in [-0.05, 0) is 52.2 Å². The largest absolute Gasteiger partial charge is 0.489 e. The van der Waals surface area contributed by atoms with Gasteiger partial charge in [0.15, 0.2) is 5.75 Å². The Morgan fingerprint density at radius 1 is 1.37 bits per heavy atom. The number of hydrogen-bond donors (Lipinski definition) is 0. The SMILES string of the molecule is COC(=O)c1cc(Br)c(C)c(Cl)c1OCC1CCCN1C(=O)OC(C)(C)C. The number of benzene rings is 1. The van der Waals surface area contributed by atoms with E-state index in [1.807, 2.05) is 27.7 Å². The lowest BCUT2D eigenvalue weighted by molar-refractivity contribution is 0.0185. The molecule has 6 nitrogen and oxygen atoms in total. The highest BCUT2D eigenvalue weighted by molar-refractivity contribution is 9.10. The lowest BCUT2D eigenvalue weighted by Gasteiger charge is -2.28. The third-order valence-corrected chi connectivity index (χ3v) is 5.51. The molecule has 1 heterocycles. The fourth-order valence-corrected chi connectivity index (χ4v) is 3.65. The van der Waals surface area contributed by atoms with Gasteiger partial charge in [0.1, 0.15) is 17.8 Å². The first-order valence-corrected chi connectivity index (χ1v) is 9.91. The van der Waals surface area contributed by atoms with Crippen molar-refractivity contribution in [2.24, 2.45) is 0 Å². The highest BCUT2D eigenvalue weighted by Gasteiger charge is 2.33. The molecule has 1 aliphatic heterocycles. The molecule has 0 bridgehead atoms. The van der Waals surface area contributed by atoms with Crippen LogP contribution in [-0.2, 0) is 9.47 Å². The minimum absolute atomic E-state index is 0.148. The van der Waals surface area contributed by atoms with Crippen molar-refractivity contribution in [3.8, 4) is 5.75 Å². The van der Waals surface area contributed by atoms with Crippen LogP contribution in [-0.4, -0.2) is 48.9 Å². The molecule has 0 aliphatic carbocycles. The van der Waals surface area contributed by atoms with Crippen LogP contribution < -0.4 is 4.74 Å². The maximum atomic E-state index is 12.4. The molecule has 8 heteroatoms. The number of halogens is 2. The summed E-state index contributed by atoms with van der Waals surface area (Å²) < 4.78 is 16.9. The van der Waals surface area contributed by atoms with Crippen LogP contribution in [0.3, 0.4) is 0 Å². The topological polar surface area (TPSA) is 65.1 Å². The van der Waals surface area contributed by atoms with E-state index >= 15 is 0 Å². The highest BCUT2D eigenvalue weighted by Crippen LogP contribution is 2.37. The van der Waals surface area contributed by atoms with Crippen LogP contribution >= 0.6 is 27.5 Å². The van der Waals surface area contributed by atoms with E-state index in [1.54, 1.807) is 11.0 Å². The van der Waals surface area contributed by atoms with E-state index in [0.717, 1.165) is 18.4 Å². The number of rotatable bonds is 4. The summed E-state index contributed by atoms with van der Waals surface area (Å²) in [7, 11) is 1.30. The first-order chi connectivity index (χ1) is 12.5. The standard InChI is InChI=1S/C19H25BrClNO5/c1-11-14(20)9-13(17(23)25-5)16(15(11)21)26-10-12-7-6-8-22(12)18(24)27-19(2,3)4/h9,12H,6-8,10H2,1-5H3. The smallest absolute Gasteiger partial charge is 0.410 e. The zero-order valence-corrected chi connectivity index (χ0v) is 18.6. The van der Waals surface area contributed by atoms with Crippen molar-refractivity contribution in [2.45, 2.75) is 52.2 Å². The van der Waals surface area contributed by atoms with Crippen LogP contribution in [0.15, 0.2) is 10.5 Å². The van der Waals surface area contributed by atoms with E-state index < -0.39 is 11.6 Å². The average Bonchev–Trinajstić information content (AvgIpc) is 3.05. The lowest BCUT2D eigenvalue weighted by atomic mass is 10.1. The Morgan fingerprint density at radius 3 is 2.63 bits per heavy atom. The molecule has 0 N–H and O–H groups in total. The van der Waals surface area contributed by atoms with Gasteiger partial charge >= 0.3 is 12.1 Å². The van der Waals surface area contributed by atoms with Crippen molar-refractivity contribution >= 4 is 39.6 Å². The molecule has 1 saturated heterocycles. The van der Waals surface area contributed by atoms with Crippen LogP contribution in [0.25, 0.3) is 0 Å². The minimum atomic E-state index is -0.560. The minimum Gasteiger partial charge on any atom is -0.489 e. The van der Waals surface area contributed by atoms with Gasteiger partial charge in [-0.15, -0.1) is 0 Å². The molecule has 1 fully saturated rings. The molecule has 2 rings (SSSR count). The van der Waals surface area contributed by atoms with Gasteiger partial charge < -0.3 is 19.1 Å². The number of methoxy groups -OCH3 is 1. The van der Waals surface area contributed by atoms with Crippen LogP contribution in [0.1, 0.15) is 49.5 Å². The Labute approximate surface area is 173 Å².